The maximum absolute atomic E-state index is 5.98. The van der Waals surface area contributed by atoms with Gasteiger partial charge in [0.25, 0.3) is 0 Å². The van der Waals surface area contributed by atoms with E-state index in [0.29, 0.717) is 11.8 Å². The molecule has 3 heterocycles. The molecule has 0 atom stereocenters. The molecule has 0 spiro atoms. The van der Waals surface area contributed by atoms with Crippen molar-refractivity contribution in [2.75, 3.05) is 42.6 Å². The summed E-state index contributed by atoms with van der Waals surface area (Å²) >= 11 is 0. The van der Waals surface area contributed by atoms with E-state index in [2.05, 4.69) is 47.9 Å². The zero-order valence-corrected chi connectivity index (χ0v) is 16.1. The second-order valence-corrected chi connectivity index (χ2v) is 7.62. The molecule has 144 valence electrons. The third-order valence-electron chi connectivity index (χ3n) is 5.47. The summed E-state index contributed by atoms with van der Waals surface area (Å²) in [6.45, 7) is 6.44. The molecule has 2 fully saturated rings. The van der Waals surface area contributed by atoms with Gasteiger partial charge in [-0.15, -0.1) is 0 Å². The number of nitrogens with zero attached hydrogens (tertiary/aromatic N) is 6. The Labute approximate surface area is 164 Å². The molecule has 1 aliphatic carbocycles. The van der Waals surface area contributed by atoms with Crippen LogP contribution in [0.15, 0.2) is 36.9 Å². The summed E-state index contributed by atoms with van der Waals surface area (Å²) in [5.41, 5.74) is 3.06. The standard InChI is InChI=1S/C21H24N6O/c1-15-11-23-20(12-22-15)27-8-6-26(7-9-27)17-4-5-19-18(10-17)21(25-14-24-19)28-13-16-2-3-16/h4-5,10-12,14,16H,2-3,6-9,13H2,1H3. The molecule has 1 aromatic carbocycles. The van der Waals surface area contributed by atoms with E-state index >= 15 is 0 Å². The van der Waals surface area contributed by atoms with Crippen LogP contribution in [0.3, 0.4) is 0 Å². The molecular formula is C21H24N6O. The molecule has 0 radical (unpaired) electrons. The van der Waals surface area contributed by atoms with Crippen LogP contribution in [0.1, 0.15) is 18.5 Å². The first kappa shape index (κ1) is 17.2. The van der Waals surface area contributed by atoms with Crippen LogP contribution in [0, 0.1) is 12.8 Å². The molecule has 1 saturated carbocycles. The molecule has 1 saturated heterocycles. The van der Waals surface area contributed by atoms with Crippen molar-refractivity contribution >= 4 is 22.4 Å². The van der Waals surface area contributed by atoms with Gasteiger partial charge < -0.3 is 14.5 Å². The van der Waals surface area contributed by atoms with E-state index in [0.717, 1.165) is 55.2 Å². The monoisotopic (exact) mass is 376 g/mol. The normalized spacial score (nSPS) is 17.2. The van der Waals surface area contributed by atoms with E-state index in [1.807, 2.05) is 19.3 Å². The Hall–Kier alpha value is -2.96. The Kier molecular flexibility index (Phi) is 4.43. The Morgan fingerprint density at radius 1 is 0.964 bits per heavy atom. The lowest BCUT2D eigenvalue weighted by Gasteiger charge is -2.36. The lowest BCUT2D eigenvalue weighted by Crippen LogP contribution is -2.46. The lowest BCUT2D eigenvalue weighted by atomic mass is 10.2. The molecule has 2 aromatic heterocycles. The van der Waals surface area contributed by atoms with Crippen molar-refractivity contribution in [3.8, 4) is 5.88 Å². The van der Waals surface area contributed by atoms with E-state index in [1.54, 1.807) is 6.33 Å². The van der Waals surface area contributed by atoms with Gasteiger partial charge in [0.15, 0.2) is 0 Å². The van der Waals surface area contributed by atoms with Gasteiger partial charge in [-0.05, 0) is 43.9 Å². The summed E-state index contributed by atoms with van der Waals surface area (Å²) in [6.07, 6.45) is 7.81. The van der Waals surface area contributed by atoms with Crippen LogP contribution in [0.25, 0.3) is 10.9 Å². The molecule has 28 heavy (non-hydrogen) atoms. The summed E-state index contributed by atoms with van der Waals surface area (Å²) < 4.78 is 5.98. The minimum absolute atomic E-state index is 0.700. The van der Waals surface area contributed by atoms with Gasteiger partial charge in [-0.25, -0.2) is 15.0 Å². The predicted molar refractivity (Wildman–Crippen MR) is 109 cm³/mol. The highest BCUT2D eigenvalue weighted by molar-refractivity contribution is 5.86. The molecule has 3 aromatic rings. The van der Waals surface area contributed by atoms with Crippen LogP contribution in [0.4, 0.5) is 11.5 Å². The molecule has 0 unspecified atom stereocenters. The van der Waals surface area contributed by atoms with Crippen LogP contribution >= 0.6 is 0 Å². The summed E-state index contributed by atoms with van der Waals surface area (Å²) in [5, 5.41) is 0.993. The molecule has 0 bridgehead atoms. The topological polar surface area (TPSA) is 67.3 Å². The first-order valence-electron chi connectivity index (χ1n) is 9.92. The van der Waals surface area contributed by atoms with Crippen LogP contribution in [0.5, 0.6) is 5.88 Å². The Morgan fingerprint density at radius 2 is 1.79 bits per heavy atom. The number of rotatable bonds is 5. The average molecular weight is 376 g/mol. The highest BCUT2D eigenvalue weighted by atomic mass is 16.5. The van der Waals surface area contributed by atoms with Gasteiger partial charge >= 0.3 is 0 Å². The van der Waals surface area contributed by atoms with Crippen molar-refractivity contribution in [2.24, 2.45) is 5.92 Å². The SMILES string of the molecule is Cc1cnc(N2CCN(c3ccc4ncnc(OCC5CC5)c4c3)CC2)cn1. The number of hydrogen-bond donors (Lipinski definition) is 0. The van der Waals surface area contributed by atoms with Crippen LogP contribution in [-0.4, -0.2) is 52.7 Å². The Bertz CT molecular complexity index is 964. The van der Waals surface area contributed by atoms with Crippen molar-refractivity contribution in [1.29, 1.82) is 0 Å². The number of ether oxygens (including phenoxy) is 1. The molecule has 7 heteroatoms. The van der Waals surface area contributed by atoms with E-state index in [-0.39, 0.29) is 0 Å². The van der Waals surface area contributed by atoms with Crippen LogP contribution in [-0.2, 0) is 0 Å². The number of piperazine rings is 1. The van der Waals surface area contributed by atoms with Crippen molar-refractivity contribution < 1.29 is 4.74 Å². The minimum atomic E-state index is 0.700. The molecule has 0 amide bonds. The lowest BCUT2D eigenvalue weighted by molar-refractivity contribution is 0.292. The molecular weight excluding hydrogens is 352 g/mol. The summed E-state index contributed by atoms with van der Waals surface area (Å²) in [4.78, 5) is 22.3. The van der Waals surface area contributed by atoms with Crippen molar-refractivity contribution in [2.45, 2.75) is 19.8 Å². The maximum Gasteiger partial charge on any atom is 0.224 e. The van der Waals surface area contributed by atoms with Crippen LogP contribution < -0.4 is 14.5 Å². The summed E-state index contributed by atoms with van der Waals surface area (Å²) in [6, 6.07) is 6.37. The second kappa shape index (κ2) is 7.22. The molecule has 1 aliphatic heterocycles. The molecule has 2 aliphatic rings. The minimum Gasteiger partial charge on any atom is -0.477 e. The number of aryl methyl sites for hydroxylation is 1. The highest BCUT2D eigenvalue weighted by Gasteiger charge is 2.23. The number of hydrogen-bond acceptors (Lipinski definition) is 7. The van der Waals surface area contributed by atoms with E-state index in [4.69, 9.17) is 4.74 Å². The largest absolute Gasteiger partial charge is 0.477 e. The zero-order valence-electron chi connectivity index (χ0n) is 16.1. The second-order valence-electron chi connectivity index (χ2n) is 7.62. The van der Waals surface area contributed by atoms with Gasteiger partial charge in [0.1, 0.15) is 12.1 Å². The number of benzene rings is 1. The molecule has 7 nitrogen and oxygen atoms in total. The van der Waals surface area contributed by atoms with Crippen molar-refractivity contribution in [1.82, 2.24) is 19.9 Å². The van der Waals surface area contributed by atoms with Crippen molar-refractivity contribution in [3.05, 3.63) is 42.6 Å². The number of aromatic nitrogens is 4. The summed E-state index contributed by atoms with van der Waals surface area (Å²) in [7, 11) is 0. The third-order valence-corrected chi connectivity index (χ3v) is 5.47. The van der Waals surface area contributed by atoms with Crippen LogP contribution in [0.2, 0.25) is 0 Å². The van der Waals surface area contributed by atoms with Gasteiger partial charge in [-0.2, -0.15) is 0 Å². The summed E-state index contributed by atoms with van der Waals surface area (Å²) in [5.74, 6) is 2.35. The number of fused-ring (bicyclic) bond motifs is 1. The smallest absolute Gasteiger partial charge is 0.224 e. The highest BCUT2D eigenvalue weighted by Crippen LogP contribution is 2.32. The van der Waals surface area contributed by atoms with Gasteiger partial charge in [-0.3, -0.25) is 4.98 Å². The van der Waals surface area contributed by atoms with Gasteiger partial charge in [0.2, 0.25) is 5.88 Å². The fourth-order valence-electron chi connectivity index (χ4n) is 3.56. The van der Waals surface area contributed by atoms with Gasteiger partial charge in [-0.1, -0.05) is 0 Å². The fraction of sp³-hybridized carbons (Fsp3) is 0.429. The zero-order chi connectivity index (χ0) is 18.9. The number of anilines is 2. The quantitative estimate of drug-likeness (QED) is 0.678. The van der Waals surface area contributed by atoms with E-state index in [9.17, 15) is 0 Å². The van der Waals surface area contributed by atoms with E-state index in [1.165, 1.54) is 18.5 Å². The molecule has 5 rings (SSSR count). The third kappa shape index (κ3) is 3.56. The Balaban J connectivity index is 1.32. The van der Waals surface area contributed by atoms with Crippen molar-refractivity contribution in [3.63, 3.8) is 0 Å². The Morgan fingerprint density at radius 3 is 2.54 bits per heavy atom. The van der Waals surface area contributed by atoms with Gasteiger partial charge in [0, 0.05) is 31.9 Å². The first-order valence-corrected chi connectivity index (χ1v) is 9.92. The van der Waals surface area contributed by atoms with Gasteiger partial charge in [0.05, 0.1) is 35.6 Å². The maximum atomic E-state index is 5.98. The fourth-order valence-corrected chi connectivity index (χ4v) is 3.56. The predicted octanol–water partition coefficient (Wildman–Crippen LogP) is 2.84. The van der Waals surface area contributed by atoms with E-state index < -0.39 is 0 Å². The molecule has 0 N–H and O–H groups in total. The first-order chi connectivity index (χ1) is 13.8. The average Bonchev–Trinajstić information content (AvgIpc) is 3.57.